The van der Waals surface area contributed by atoms with E-state index in [-0.39, 0.29) is 11.7 Å². The van der Waals surface area contributed by atoms with Crippen molar-refractivity contribution in [3.05, 3.63) is 64.0 Å². The number of fused-ring (bicyclic) bond motifs is 3. The summed E-state index contributed by atoms with van der Waals surface area (Å²) < 4.78 is 37.9. The number of aromatic nitrogens is 2. The third-order valence-corrected chi connectivity index (χ3v) is 6.15. The van der Waals surface area contributed by atoms with Crippen LogP contribution in [0.15, 0.2) is 41.3 Å². The van der Waals surface area contributed by atoms with Crippen molar-refractivity contribution in [2.24, 2.45) is 0 Å². The van der Waals surface area contributed by atoms with Crippen molar-refractivity contribution in [1.29, 1.82) is 0 Å². The minimum absolute atomic E-state index is 0.108. The van der Waals surface area contributed by atoms with Crippen LogP contribution in [0.5, 0.6) is 11.5 Å². The van der Waals surface area contributed by atoms with Gasteiger partial charge >= 0.3 is 0 Å². The molecular formula is C25H25FN2O5. The van der Waals surface area contributed by atoms with Crippen molar-refractivity contribution in [1.82, 2.24) is 9.55 Å². The van der Waals surface area contributed by atoms with Gasteiger partial charge in [0.2, 0.25) is 5.95 Å². The van der Waals surface area contributed by atoms with Crippen LogP contribution in [0.4, 0.5) is 4.39 Å². The number of methoxy groups -OCH3 is 1. The van der Waals surface area contributed by atoms with Gasteiger partial charge in [0.05, 0.1) is 32.6 Å². The molecule has 3 aromatic rings. The Morgan fingerprint density at radius 3 is 2.79 bits per heavy atom. The zero-order chi connectivity index (χ0) is 22.9. The summed E-state index contributed by atoms with van der Waals surface area (Å²) >= 11 is 0. The molecule has 0 spiro atoms. The number of nitrogens with zero attached hydrogens (tertiary/aromatic N) is 2. The molecule has 2 aliphatic rings. The van der Waals surface area contributed by atoms with E-state index in [1.165, 1.54) is 12.3 Å². The summed E-state index contributed by atoms with van der Waals surface area (Å²) in [7, 11) is 1.59. The SMILES string of the molecule is COc1cc2c(cc1-c1ccc(F)nc1)CCn1c-2c(C)c(OCC2COCCO2)cc1=O. The summed E-state index contributed by atoms with van der Waals surface area (Å²) in [5, 5.41) is 0. The molecule has 7 nitrogen and oxygen atoms in total. The van der Waals surface area contributed by atoms with Crippen LogP contribution in [0.3, 0.4) is 0 Å². The fourth-order valence-electron chi connectivity index (χ4n) is 4.48. The van der Waals surface area contributed by atoms with Crippen molar-refractivity contribution in [3.63, 3.8) is 0 Å². The Hall–Kier alpha value is -3.23. The van der Waals surface area contributed by atoms with E-state index in [1.807, 2.05) is 19.1 Å². The number of ether oxygens (including phenoxy) is 4. The highest BCUT2D eigenvalue weighted by Gasteiger charge is 2.25. The Balaban J connectivity index is 1.55. The molecule has 0 N–H and O–H groups in total. The fourth-order valence-corrected chi connectivity index (χ4v) is 4.48. The predicted octanol–water partition coefficient (Wildman–Crippen LogP) is 3.38. The molecule has 33 heavy (non-hydrogen) atoms. The van der Waals surface area contributed by atoms with E-state index in [9.17, 15) is 9.18 Å². The summed E-state index contributed by atoms with van der Waals surface area (Å²) in [6.45, 7) is 4.44. The molecule has 2 aromatic heterocycles. The maximum Gasteiger partial charge on any atom is 0.254 e. The van der Waals surface area contributed by atoms with Crippen LogP contribution >= 0.6 is 0 Å². The minimum Gasteiger partial charge on any atom is -0.496 e. The third-order valence-electron chi connectivity index (χ3n) is 6.15. The standard InChI is InChI=1S/C25H25FN2O5/c1-15-21(33-14-18-13-31-7-8-32-18)11-24(29)28-6-5-16-9-19(17-3-4-23(26)27-12-17)22(30-2)10-20(16)25(15)28/h3-4,9-12,18H,5-8,13-14H2,1-2H3. The van der Waals surface area contributed by atoms with Gasteiger partial charge in [-0.05, 0) is 43.2 Å². The van der Waals surface area contributed by atoms with Crippen LogP contribution in [0.25, 0.3) is 22.4 Å². The first kappa shape index (κ1) is 21.6. The molecule has 8 heteroatoms. The van der Waals surface area contributed by atoms with Crippen LogP contribution in [-0.2, 0) is 22.4 Å². The second-order valence-corrected chi connectivity index (χ2v) is 8.18. The molecule has 2 aliphatic heterocycles. The summed E-state index contributed by atoms with van der Waals surface area (Å²) in [5.41, 5.74) is 5.20. The fraction of sp³-hybridized carbons (Fsp3) is 0.360. The molecule has 172 valence electrons. The van der Waals surface area contributed by atoms with Crippen molar-refractivity contribution in [2.75, 3.05) is 33.5 Å². The quantitative estimate of drug-likeness (QED) is 0.553. The topological polar surface area (TPSA) is 71.8 Å². The second-order valence-electron chi connectivity index (χ2n) is 8.18. The number of hydrogen-bond donors (Lipinski definition) is 0. The van der Waals surface area contributed by atoms with E-state index in [1.54, 1.807) is 23.8 Å². The Labute approximate surface area is 190 Å². The summed E-state index contributed by atoms with van der Waals surface area (Å²) in [6, 6.07) is 8.54. The molecule has 1 unspecified atom stereocenters. The van der Waals surface area contributed by atoms with Gasteiger partial charge in [0.1, 0.15) is 24.2 Å². The molecule has 0 amide bonds. The lowest BCUT2D eigenvalue weighted by molar-refractivity contribution is -0.101. The molecule has 1 aromatic carbocycles. The number of halogens is 1. The van der Waals surface area contributed by atoms with Gasteiger partial charge in [-0.2, -0.15) is 4.39 Å². The van der Waals surface area contributed by atoms with Gasteiger partial charge in [0.25, 0.3) is 5.56 Å². The zero-order valence-corrected chi connectivity index (χ0v) is 18.6. The Kier molecular flexibility index (Phi) is 5.86. The van der Waals surface area contributed by atoms with Gasteiger partial charge < -0.3 is 23.5 Å². The normalized spacial score (nSPS) is 17.2. The molecule has 4 heterocycles. The van der Waals surface area contributed by atoms with Crippen molar-refractivity contribution >= 4 is 0 Å². The number of hydrogen-bond acceptors (Lipinski definition) is 6. The minimum atomic E-state index is -0.530. The molecule has 0 radical (unpaired) electrons. The largest absolute Gasteiger partial charge is 0.496 e. The number of rotatable bonds is 5. The monoisotopic (exact) mass is 452 g/mol. The number of benzene rings is 1. The van der Waals surface area contributed by atoms with E-state index >= 15 is 0 Å². The maximum atomic E-state index is 13.3. The van der Waals surface area contributed by atoms with Crippen LogP contribution in [0.1, 0.15) is 11.1 Å². The second kappa shape index (κ2) is 8.96. The van der Waals surface area contributed by atoms with Gasteiger partial charge in [0.15, 0.2) is 0 Å². The Bertz CT molecular complexity index is 1230. The molecule has 0 saturated carbocycles. The van der Waals surface area contributed by atoms with Crippen LogP contribution in [0.2, 0.25) is 0 Å². The lowest BCUT2D eigenvalue weighted by Gasteiger charge is -2.27. The lowest BCUT2D eigenvalue weighted by atomic mass is 9.90. The molecule has 1 fully saturated rings. The van der Waals surface area contributed by atoms with Gasteiger partial charge in [-0.3, -0.25) is 4.79 Å². The first-order valence-corrected chi connectivity index (χ1v) is 10.9. The molecule has 0 bridgehead atoms. The van der Waals surface area contributed by atoms with Crippen LogP contribution in [0, 0.1) is 12.9 Å². The number of aryl methyl sites for hydroxylation is 1. The summed E-state index contributed by atoms with van der Waals surface area (Å²) in [4.78, 5) is 16.7. The number of pyridine rings is 2. The highest BCUT2D eigenvalue weighted by Crippen LogP contribution is 2.41. The molecular weight excluding hydrogens is 427 g/mol. The Morgan fingerprint density at radius 2 is 2.06 bits per heavy atom. The summed E-state index contributed by atoms with van der Waals surface area (Å²) in [5.74, 6) is 0.637. The lowest BCUT2D eigenvalue weighted by Crippen LogP contribution is -2.34. The van der Waals surface area contributed by atoms with Crippen LogP contribution in [-0.4, -0.2) is 49.2 Å². The molecule has 1 atom stereocenters. The molecule has 0 aliphatic carbocycles. The van der Waals surface area contributed by atoms with E-state index in [4.69, 9.17) is 18.9 Å². The van der Waals surface area contributed by atoms with E-state index in [0.717, 1.165) is 33.5 Å². The van der Waals surface area contributed by atoms with Crippen molar-refractivity contribution in [2.45, 2.75) is 26.0 Å². The maximum absolute atomic E-state index is 13.3. The van der Waals surface area contributed by atoms with Gasteiger partial charge in [0, 0.05) is 41.1 Å². The van der Waals surface area contributed by atoms with Crippen LogP contribution < -0.4 is 15.0 Å². The van der Waals surface area contributed by atoms with Gasteiger partial charge in [-0.1, -0.05) is 0 Å². The van der Waals surface area contributed by atoms with E-state index in [2.05, 4.69) is 4.98 Å². The Morgan fingerprint density at radius 1 is 1.18 bits per heavy atom. The average molecular weight is 452 g/mol. The van der Waals surface area contributed by atoms with Gasteiger partial charge in [-0.15, -0.1) is 0 Å². The molecule has 5 rings (SSSR count). The van der Waals surface area contributed by atoms with Crippen molar-refractivity contribution in [3.8, 4) is 33.9 Å². The zero-order valence-electron chi connectivity index (χ0n) is 18.6. The highest BCUT2D eigenvalue weighted by molar-refractivity contribution is 5.80. The average Bonchev–Trinajstić information content (AvgIpc) is 2.85. The summed E-state index contributed by atoms with van der Waals surface area (Å²) in [6.07, 6.45) is 2.03. The van der Waals surface area contributed by atoms with E-state index in [0.29, 0.717) is 50.9 Å². The highest BCUT2D eigenvalue weighted by atomic mass is 19.1. The smallest absolute Gasteiger partial charge is 0.254 e. The predicted molar refractivity (Wildman–Crippen MR) is 120 cm³/mol. The third kappa shape index (κ3) is 4.12. The van der Waals surface area contributed by atoms with Crippen molar-refractivity contribution < 1.29 is 23.3 Å². The van der Waals surface area contributed by atoms with Gasteiger partial charge in [-0.25, -0.2) is 4.98 Å². The first-order chi connectivity index (χ1) is 16.0. The first-order valence-electron chi connectivity index (χ1n) is 10.9. The molecule has 1 saturated heterocycles. The van der Waals surface area contributed by atoms with E-state index < -0.39 is 5.95 Å².